The lowest BCUT2D eigenvalue weighted by Crippen LogP contribution is -2.32. The van der Waals surface area contributed by atoms with Crippen LogP contribution in [0.5, 0.6) is 0 Å². The van der Waals surface area contributed by atoms with E-state index in [4.69, 9.17) is 9.84 Å². The molecule has 22 heavy (non-hydrogen) atoms. The first-order valence-corrected chi connectivity index (χ1v) is 8.12. The minimum atomic E-state index is -3.33. The number of hydrogen-bond donors (Lipinski definition) is 3. The molecule has 9 heteroatoms. The van der Waals surface area contributed by atoms with Gasteiger partial charge in [-0.2, -0.15) is 0 Å². The quantitative estimate of drug-likeness (QED) is 0.719. The summed E-state index contributed by atoms with van der Waals surface area (Å²) in [4.78, 5) is 22.0. The number of sulfone groups is 1. The summed E-state index contributed by atoms with van der Waals surface area (Å²) in [5, 5.41) is 13.3. The van der Waals surface area contributed by atoms with Gasteiger partial charge in [-0.1, -0.05) is 19.1 Å². The summed E-state index contributed by atoms with van der Waals surface area (Å²) in [6.07, 6.45) is -1.97. The van der Waals surface area contributed by atoms with Crippen molar-refractivity contribution in [3.63, 3.8) is 0 Å². The number of hydrogen-bond acceptors (Lipinski definition) is 5. The first-order chi connectivity index (χ1) is 10.3. The average Bonchev–Trinajstić information content (AvgIpc) is 2.50. The van der Waals surface area contributed by atoms with Gasteiger partial charge in [0.1, 0.15) is 6.61 Å². The summed E-state index contributed by atoms with van der Waals surface area (Å²) in [6.45, 7) is 1.32. The Balaban J connectivity index is 2.94. The Hall–Kier alpha value is -2.29. The van der Waals surface area contributed by atoms with Gasteiger partial charge in [-0.25, -0.2) is 18.0 Å². The van der Waals surface area contributed by atoms with E-state index in [1.807, 2.05) is 0 Å². The molecule has 1 aromatic rings. The van der Waals surface area contributed by atoms with Crippen molar-refractivity contribution in [2.75, 3.05) is 19.4 Å². The van der Waals surface area contributed by atoms with Crippen LogP contribution >= 0.6 is 0 Å². The molecule has 1 aromatic carbocycles. The van der Waals surface area contributed by atoms with Crippen molar-refractivity contribution in [3.8, 4) is 0 Å². The molecule has 2 amide bonds. The molecule has 0 bridgehead atoms. The van der Waals surface area contributed by atoms with Gasteiger partial charge in [-0.15, -0.1) is 0 Å². The van der Waals surface area contributed by atoms with Crippen LogP contribution in [0.2, 0.25) is 0 Å². The maximum Gasteiger partial charge on any atom is 0.406 e. The molecule has 0 saturated carbocycles. The maximum absolute atomic E-state index is 11.7. The molecule has 0 fully saturated rings. The molecule has 0 aliphatic heterocycles. The van der Waals surface area contributed by atoms with Gasteiger partial charge in [-0.05, 0) is 17.7 Å². The zero-order valence-electron chi connectivity index (χ0n) is 12.2. The highest BCUT2D eigenvalue weighted by Gasteiger charge is 2.18. The standard InChI is InChI=1S/C13H18N2O6S/c1-3-22(19,20)10-6-4-9(5-7-10)11(15-12(16)17)8-21-13(18)14-2/h4-7,11,15H,3,8H2,1-2H3,(H,14,18)(H,16,17). The van der Waals surface area contributed by atoms with Crippen LogP contribution < -0.4 is 10.6 Å². The molecular weight excluding hydrogens is 312 g/mol. The van der Waals surface area contributed by atoms with Crippen LogP contribution in [0, 0.1) is 0 Å². The smallest absolute Gasteiger partial charge is 0.406 e. The van der Waals surface area contributed by atoms with Gasteiger partial charge in [0.15, 0.2) is 9.84 Å². The van der Waals surface area contributed by atoms with Crippen LogP contribution in [-0.2, 0) is 14.6 Å². The van der Waals surface area contributed by atoms with E-state index < -0.39 is 28.1 Å². The van der Waals surface area contributed by atoms with Gasteiger partial charge in [0.2, 0.25) is 0 Å². The van der Waals surface area contributed by atoms with Crippen LogP contribution in [0.25, 0.3) is 0 Å². The summed E-state index contributed by atoms with van der Waals surface area (Å²) < 4.78 is 28.3. The Labute approximate surface area is 128 Å². The van der Waals surface area contributed by atoms with E-state index in [1.54, 1.807) is 0 Å². The van der Waals surface area contributed by atoms with Gasteiger partial charge in [-0.3, -0.25) is 0 Å². The molecule has 3 N–H and O–H groups in total. The third-order valence-electron chi connectivity index (χ3n) is 2.90. The second kappa shape index (κ2) is 7.64. The Kier molecular flexibility index (Phi) is 6.17. The molecule has 1 rings (SSSR count). The van der Waals surface area contributed by atoms with E-state index in [0.29, 0.717) is 5.56 Å². The molecule has 122 valence electrons. The zero-order valence-corrected chi connectivity index (χ0v) is 13.0. The third-order valence-corrected chi connectivity index (χ3v) is 4.66. The van der Waals surface area contributed by atoms with Crippen LogP contribution in [0.15, 0.2) is 29.2 Å². The second-order valence-electron chi connectivity index (χ2n) is 4.32. The number of rotatable bonds is 6. The minimum Gasteiger partial charge on any atom is -0.465 e. The Morgan fingerprint density at radius 3 is 2.32 bits per heavy atom. The fraction of sp³-hybridized carbons (Fsp3) is 0.385. The highest BCUT2D eigenvalue weighted by molar-refractivity contribution is 7.91. The Morgan fingerprint density at radius 1 is 1.27 bits per heavy atom. The number of nitrogens with one attached hydrogen (secondary N) is 2. The van der Waals surface area contributed by atoms with Gasteiger partial charge >= 0.3 is 12.2 Å². The number of carboxylic acid groups (broad SMARTS) is 1. The molecule has 0 saturated heterocycles. The van der Waals surface area contributed by atoms with E-state index in [9.17, 15) is 18.0 Å². The van der Waals surface area contributed by atoms with Crippen LogP contribution in [0.3, 0.4) is 0 Å². The number of benzene rings is 1. The van der Waals surface area contributed by atoms with Crippen LogP contribution in [0.1, 0.15) is 18.5 Å². The minimum absolute atomic E-state index is 0.0249. The number of carbonyl (C=O) groups excluding carboxylic acids is 1. The van der Waals surface area contributed by atoms with E-state index in [0.717, 1.165) is 0 Å². The molecule has 0 spiro atoms. The van der Waals surface area contributed by atoms with Gasteiger partial charge in [0.05, 0.1) is 16.7 Å². The van der Waals surface area contributed by atoms with Crippen LogP contribution in [-0.4, -0.2) is 45.1 Å². The van der Waals surface area contributed by atoms with Crippen LogP contribution in [0.4, 0.5) is 9.59 Å². The molecule has 0 aliphatic carbocycles. The summed E-state index contributed by atoms with van der Waals surface area (Å²) in [7, 11) is -1.94. The molecule has 0 heterocycles. The number of ether oxygens (including phenoxy) is 1. The van der Waals surface area contributed by atoms with Crippen molar-refractivity contribution in [2.24, 2.45) is 0 Å². The van der Waals surface area contributed by atoms with Gasteiger partial charge < -0.3 is 20.5 Å². The topological polar surface area (TPSA) is 122 Å². The van der Waals surface area contributed by atoms with Crippen molar-refractivity contribution in [2.45, 2.75) is 17.9 Å². The molecule has 0 aromatic heterocycles. The van der Waals surface area contributed by atoms with E-state index in [1.165, 1.54) is 38.2 Å². The molecule has 0 radical (unpaired) electrons. The second-order valence-corrected chi connectivity index (χ2v) is 6.60. The summed E-state index contributed by atoms with van der Waals surface area (Å²) in [5.41, 5.74) is 0.487. The lowest BCUT2D eigenvalue weighted by atomic mass is 10.1. The SMILES string of the molecule is CCS(=O)(=O)c1ccc(C(COC(=O)NC)NC(=O)O)cc1. The molecule has 0 aliphatic rings. The molecular formula is C13H18N2O6S. The van der Waals surface area contributed by atoms with Crippen molar-refractivity contribution in [1.29, 1.82) is 0 Å². The Bertz CT molecular complexity index is 626. The third kappa shape index (κ3) is 4.92. The first-order valence-electron chi connectivity index (χ1n) is 6.46. The normalized spacial score (nSPS) is 12.3. The highest BCUT2D eigenvalue weighted by atomic mass is 32.2. The lowest BCUT2D eigenvalue weighted by Gasteiger charge is -2.17. The highest BCUT2D eigenvalue weighted by Crippen LogP contribution is 2.18. The summed E-state index contributed by atoms with van der Waals surface area (Å²) in [6, 6.07) is 4.95. The van der Waals surface area contributed by atoms with E-state index >= 15 is 0 Å². The van der Waals surface area contributed by atoms with Crippen molar-refractivity contribution >= 4 is 22.0 Å². The fourth-order valence-electron chi connectivity index (χ4n) is 1.68. The maximum atomic E-state index is 11.7. The first kappa shape index (κ1) is 17.8. The number of amides is 2. The van der Waals surface area contributed by atoms with E-state index in [-0.39, 0.29) is 17.3 Å². The summed E-state index contributed by atoms with van der Waals surface area (Å²) in [5.74, 6) is -0.0249. The van der Waals surface area contributed by atoms with Gasteiger partial charge in [0.25, 0.3) is 0 Å². The van der Waals surface area contributed by atoms with Crippen molar-refractivity contribution < 1.29 is 27.9 Å². The molecule has 1 unspecified atom stereocenters. The summed E-state index contributed by atoms with van der Waals surface area (Å²) >= 11 is 0. The lowest BCUT2D eigenvalue weighted by molar-refractivity contribution is 0.131. The molecule has 8 nitrogen and oxygen atoms in total. The predicted molar refractivity (Wildman–Crippen MR) is 78.5 cm³/mol. The van der Waals surface area contributed by atoms with Crippen molar-refractivity contribution in [1.82, 2.24) is 10.6 Å². The van der Waals surface area contributed by atoms with Crippen molar-refractivity contribution in [3.05, 3.63) is 29.8 Å². The average molecular weight is 330 g/mol. The number of carbonyl (C=O) groups is 2. The Morgan fingerprint density at radius 2 is 1.86 bits per heavy atom. The van der Waals surface area contributed by atoms with Gasteiger partial charge in [0, 0.05) is 7.05 Å². The molecule has 1 atom stereocenters. The number of alkyl carbamates (subject to hydrolysis) is 1. The zero-order chi connectivity index (χ0) is 16.8. The fourth-order valence-corrected chi connectivity index (χ4v) is 2.56. The van der Waals surface area contributed by atoms with E-state index in [2.05, 4.69) is 10.6 Å². The predicted octanol–water partition coefficient (Wildman–Crippen LogP) is 1.14. The monoisotopic (exact) mass is 330 g/mol. The largest absolute Gasteiger partial charge is 0.465 e.